The monoisotopic (exact) mass is 501 g/mol. The second-order valence-corrected chi connectivity index (χ2v) is 6.01. The van der Waals surface area contributed by atoms with Gasteiger partial charge in [-0.15, -0.1) is 24.0 Å². The van der Waals surface area contributed by atoms with Gasteiger partial charge in [-0.25, -0.2) is 9.79 Å². The molecule has 0 saturated heterocycles. The first-order valence-electron chi connectivity index (χ1n) is 8.79. The van der Waals surface area contributed by atoms with Crippen LogP contribution in [0.1, 0.15) is 34.4 Å². The molecule has 0 aliphatic rings. The van der Waals surface area contributed by atoms with Crippen LogP contribution in [-0.4, -0.2) is 44.6 Å². The smallest absolute Gasteiger partial charge is 0.341 e. The molecule has 0 bridgehead atoms. The number of hydrogen-bond donors (Lipinski definition) is 1. The summed E-state index contributed by atoms with van der Waals surface area (Å²) in [5, 5.41) is 3.27. The number of carbonyl (C=O) groups is 1. The molecule has 0 amide bonds. The summed E-state index contributed by atoms with van der Waals surface area (Å²) < 4.78 is 15.8. The number of rotatable bonds is 7. The lowest BCUT2D eigenvalue weighted by Gasteiger charge is -2.23. The number of hydrogen-bond acceptors (Lipinski definition) is 5. The van der Waals surface area contributed by atoms with Crippen LogP contribution in [0.25, 0.3) is 0 Å². The van der Waals surface area contributed by atoms with Crippen LogP contribution in [0.5, 0.6) is 5.75 Å². The van der Waals surface area contributed by atoms with E-state index < -0.39 is 5.97 Å². The Morgan fingerprint density at radius 2 is 2.00 bits per heavy atom. The number of esters is 1. The number of aliphatic imine (C=N–C) groups is 1. The minimum atomic E-state index is -0.410. The average Bonchev–Trinajstić information content (AvgIpc) is 3.05. The summed E-state index contributed by atoms with van der Waals surface area (Å²) in [5.41, 5.74) is 1.49. The van der Waals surface area contributed by atoms with Crippen molar-refractivity contribution in [3.05, 3.63) is 53.0 Å². The molecule has 7 nitrogen and oxygen atoms in total. The van der Waals surface area contributed by atoms with E-state index in [-0.39, 0.29) is 24.0 Å². The van der Waals surface area contributed by atoms with E-state index in [1.165, 1.54) is 7.11 Å². The van der Waals surface area contributed by atoms with Gasteiger partial charge in [0.15, 0.2) is 5.96 Å². The van der Waals surface area contributed by atoms with Gasteiger partial charge in [0.1, 0.15) is 29.4 Å². The van der Waals surface area contributed by atoms with E-state index in [9.17, 15) is 4.79 Å². The highest BCUT2D eigenvalue weighted by Crippen LogP contribution is 2.19. The number of aryl methyl sites for hydroxylation is 1. The Kier molecular flexibility index (Phi) is 9.84. The van der Waals surface area contributed by atoms with Crippen molar-refractivity contribution in [2.24, 2.45) is 4.99 Å². The molecular weight excluding hydrogens is 473 g/mol. The molecule has 154 valence electrons. The zero-order valence-electron chi connectivity index (χ0n) is 16.9. The number of methoxy groups -OCH3 is 2. The van der Waals surface area contributed by atoms with E-state index in [4.69, 9.17) is 13.9 Å². The van der Waals surface area contributed by atoms with Crippen LogP contribution in [0.3, 0.4) is 0 Å². The molecule has 0 atom stereocenters. The van der Waals surface area contributed by atoms with Gasteiger partial charge in [0.05, 0.1) is 14.2 Å². The van der Waals surface area contributed by atoms with Crippen LogP contribution in [0.2, 0.25) is 0 Å². The lowest BCUT2D eigenvalue weighted by atomic mass is 10.2. The Morgan fingerprint density at radius 3 is 2.64 bits per heavy atom. The number of benzene rings is 1. The topological polar surface area (TPSA) is 76.3 Å². The zero-order chi connectivity index (χ0) is 19.8. The quantitative estimate of drug-likeness (QED) is 0.271. The van der Waals surface area contributed by atoms with Gasteiger partial charge in [0.2, 0.25) is 0 Å². The van der Waals surface area contributed by atoms with Gasteiger partial charge in [-0.05, 0) is 26.0 Å². The summed E-state index contributed by atoms with van der Waals surface area (Å²) in [7, 11) is 4.97. The fourth-order valence-electron chi connectivity index (χ4n) is 2.72. The third kappa shape index (κ3) is 6.15. The predicted molar refractivity (Wildman–Crippen MR) is 119 cm³/mol. The minimum Gasteiger partial charge on any atom is -0.496 e. The Labute approximate surface area is 183 Å². The summed E-state index contributed by atoms with van der Waals surface area (Å²) in [6, 6.07) is 9.56. The van der Waals surface area contributed by atoms with Crippen molar-refractivity contribution in [1.82, 2.24) is 10.2 Å². The van der Waals surface area contributed by atoms with Gasteiger partial charge in [-0.1, -0.05) is 18.2 Å². The lowest BCUT2D eigenvalue weighted by molar-refractivity contribution is 0.0599. The van der Waals surface area contributed by atoms with Crippen LogP contribution in [0.15, 0.2) is 39.7 Å². The number of furan rings is 1. The van der Waals surface area contributed by atoms with Gasteiger partial charge in [-0.2, -0.15) is 0 Å². The van der Waals surface area contributed by atoms with Gasteiger partial charge in [0, 0.05) is 25.7 Å². The Hall–Kier alpha value is -2.23. The molecule has 0 saturated carbocycles. The zero-order valence-corrected chi connectivity index (χ0v) is 19.3. The maximum Gasteiger partial charge on any atom is 0.341 e. The number of halogens is 1. The van der Waals surface area contributed by atoms with Gasteiger partial charge in [0.25, 0.3) is 0 Å². The van der Waals surface area contributed by atoms with Crippen molar-refractivity contribution in [3.8, 4) is 5.75 Å². The first kappa shape index (κ1) is 23.8. The van der Waals surface area contributed by atoms with E-state index in [2.05, 4.69) is 10.3 Å². The van der Waals surface area contributed by atoms with Gasteiger partial charge in [-0.3, -0.25) is 0 Å². The molecule has 0 fully saturated rings. The largest absolute Gasteiger partial charge is 0.496 e. The van der Waals surface area contributed by atoms with E-state index in [1.807, 2.05) is 43.1 Å². The summed E-state index contributed by atoms with van der Waals surface area (Å²) in [6.45, 7) is 5.44. The molecule has 0 aliphatic heterocycles. The molecule has 1 aromatic carbocycles. The molecule has 1 heterocycles. The fraction of sp³-hybridized carbons (Fsp3) is 0.400. The molecule has 1 N–H and O–H groups in total. The molecule has 2 rings (SSSR count). The molecule has 0 aliphatic carbocycles. The molecule has 8 heteroatoms. The molecule has 1 aromatic heterocycles. The second kappa shape index (κ2) is 11.6. The first-order valence-corrected chi connectivity index (χ1v) is 8.79. The maximum absolute atomic E-state index is 11.7. The van der Waals surface area contributed by atoms with Crippen molar-refractivity contribution >= 4 is 35.9 Å². The third-order valence-electron chi connectivity index (χ3n) is 4.06. The fourth-order valence-corrected chi connectivity index (χ4v) is 2.72. The van der Waals surface area contributed by atoms with Gasteiger partial charge < -0.3 is 24.1 Å². The molecule has 2 aromatic rings. The number of nitrogens with zero attached hydrogens (tertiary/aromatic N) is 2. The van der Waals surface area contributed by atoms with Gasteiger partial charge >= 0.3 is 5.97 Å². The highest BCUT2D eigenvalue weighted by Gasteiger charge is 2.16. The molecule has 0 unspecified atom stereocenters. The summed E-state index contributed by atoms with van der Waals surface area (Å²) in [5.74, 6) is 2.29. The molecule has 0 radical (unpaired) electrons. The van der Waals surface area contributed by atoms with Crippen LogP contribution < -0.4 is 10.1 Å². The van der Waals surface area contributed by atoms with E-state index in [0.29, 0.717) is 30.2 Å². The van der Waals surface area contributed by atoms with Crippen LogP contribution >= 0.6 is 24.0 Å². The number of para-hydroxylation sites is 1. The Morgan fingerprint density at radius 1 is 1.29 bits per heavy atom. The van der Waals surface area contributed by atoms with Crippen molar-refractivity contribution in [3.63, 3.8) is 0 Å². The summed E-state index contributed by atoms with van der Waals surface area (Å²) >= 11 is 0. The molecular formula is C20H28IN3O4. The first-order chi connectivity index (χ1) is 13.0. The van der Waals surface area contributed by atoms with Crippen LogP contribution in [0, 0.1) is 6.92 Å². The molecule has 0 spiro atoms. The second-order valence-electron chi connectivity index (χ2n) is 6.01. The SMILES string of the molecule is CCNC(=NCc1cc(C(=O)OC)c(C)o1)N(C)Cc1ccccc1OC.I. The third-order valence-corrected chi connectivity index (χ3v) is 4.06. The van der Waals surface area contributed by atoms with Crippen LogP contribution in [-0.2, 0) is 17.8 Å². The van der Waals surface area contributed by atoms with Crippen LogP contribution in [0.4, 0.5) is 0 Å². The van der Waals surface area contributed by atoms with E-state index in [0.717, 1.165) is 23.8 Å². The van der Waals surface area contributed by atoms with E-state index in [1.54, 1.807) is 20.1 Å². The Balaban J connectivity index is 0.00000392. The summed E-state index contributed by atoms with van der Waals surface area (Å²) in [6.07, 6.45) is 0. The molecule has 28 heavy (non-hydrogen) atoms. The number of ether oxygens (including phenoxy) is 2. The maximum atomic E-state index is 11.7. The highest BCUT2D eigenvalue weighted by molar-refractivity contribution is 14.0. The predicted octanol–water partition coefficient (Wildman–Crippen LogP) is 3.60. The highest BCUT2D eigenvalue weighted by atomic mass is 127. The average molecular weight is 501 g/mol. The normalized spacial score (nSPS) is 10.8. The van der Waals surface area contributed by atoms with Crippen molar-refractivity contribution < 1.29 is 18.7 Å². The standard InChI is InChI=1S/C20H27N3O4.HI/c1-6-21-20(23(3)13-15-9-7-8-10-18(15)25-4)22-12-16-11-17(14(2)27-16)19(24)26-5;/h7-11H,6,12-13H2,1-5H3,(H,21,22);1H. The number of nitrogens with one attached hydrogen (secondary N) is 1. The summed E-state index contributed by atoms with van der Waals surface area (Å²) in [4.78, 5) is 18.3. The van der Waals surface area contributed by atoms with E-state index >= 15 is 0 Å². The Bertz CT molecular complexity index is 804. The number of carbonyl (C=O) groups excluding carboxylic acids is 1. The van der Waals surface area contributed by atoms with Crippen molar-refractivity contribution in [2.45, 2.75) is 26.9 Å². The van der Waals surface area contributed by atoms with Crippen molar-refractivity contribution in [2.75, 3.05) is 27.8 Å². The van der Waals surface area contributed by atoms with Crippen molar-refractivity contribution in [1.29, 1.82) is 0 Å². The lowest BCUT2D eigenvalue weighted by Crippen LogP contribution is -2.38. The minimum absolute atomic E-state index is 0. The number of guanidine groups is 1.